The summed E-state index contributed by atoms with van der Waals surface area (Å²) < 4.78 is 13.2. The maximum Gasteiger partial charge on any atom is 0.243 e. The lowest BCUT2D eigenvalue weighted by Crippen LogP contribution is -2.37. The predicted octanol–water partition coefficient (Wildman–Crippen LogP) is 2.85. The van der Waals surface area contributed by atoms with Crippen LogP contribution < -0.4 is 11.1 Å². The van der Waals surface area contributed by atoms with E-state index in [2.05, 4.69) is 15.3 Å². The van der Waals surface area contributed by atoms with Gasteiger partial charge in [0, 0.05) is 23.3 Å². The van der Waals surface area contributed by atoms with Crippen LogP contribution in [0.5, 0.6) is 0 Å². The molecule has 0 bridgehead atoms. The second kappa shape index (κ2) is 7.29. The second-order valence-corrected chi connectivity index (χ2v) is 6.06. The third-order valence-electron chi connectivity index (χ3n) is 3.39. The number of rotatable bonds is 5. The number of thiazole rings is 1. The molecule has 5 nitrogen and oxygen atoms in total. The van der Waals surface area contributed by atoms with Crippen LogP contribution in [0.15, 0.2) is 54.2 Å². The number of nitrogens with one attached hydrogen (secondary N) is 1. The van der Waals surface area contributed by atoms with Crippen molar-refractivity contribution in [1.82, 2.24) is 9.97 Å². The van der Waals surface area contributed by atoms with Gasteiger partial charge in [-0.2, -0.15) is 0 Å². The Morgan fingerprint density at radius 2 is 2.08 bits per heavy atom. The summed E-state index contributed by atoms with van der Waals surface area (Å²) >= 11 is 1.32. The first kappa shape index (κ1) is 16.2. The smallest absolute Gasteiger partial charge is 0.243 e. The Kier molecular flexibility index (Phi) is 4.93. The van der Waals surface area contributed by atoms with Gasteiger partial charge in [0.15, 0.2) is 5.13 Å². The number of benzene rings is 1. The third-order valence-corrected chi connectivity index (χ3v) is 4.15. The highest BCUT2D eigenvalue weighted by Crippen LogP contribution is 2.24. The molecule has 0 aliphatic rings. The van der Waals surface area contributed by atoms with Gasteiger partial charge in [-0.25, -0.2) is 9.37 Å². The molecule has 1 unspecified atom stereocenters. The van der Waals surface area contributed by atoms with E-state index in [9.17, 15) is 9.18 Å². The Morgan fingerprint density at radius 3 is 2.83 bits per heavy atom. The molecule has 0 aliphatic heterocycles. The van der Waals surface area contributed by atoms with Crippen molar-refractivity contribution in [2.24, 2.45) is 5.73 Å². The molecular weight excluding hydrogens is 327 g/mol. The molecule has 24 heavy (non-hydrogen) atoms. The predicted molar refractivity (Wildman–Crippen MR) is 92.1 cm³/mol. The lowest BCUT2D eigenvalue weighted by Gasteiger charge is -2.10. The summed E-state index contributed by atoms with van der Waals surface area (Å²) in [6, 6.07) is 8.97. The summed E-state index contributed by atoms with van der Waals surface area (Å²) in [5.74, 6) is -0.697. The number of halogens is 1. The number of amides is 1. The molecule has 1 atom stereocenters. The van der Waals surface area contributed by atoms with Gasteiger partial charge >= 0.3 is 0 Å². The zero-order valence-electron chi connectivity index (χ0n) is 12.6. The largest absolute Gasteiger partial charge is 0.320 e. The van der Waals surface area contributed by atoms with E-state index in [1.54, 1.807) is 24.5 Å². The van der Waals surface area contributed by atoms with Crippen molar-refractivity contribution in [3.63, 3.8) is 0 Å². The normalized spacial score (nSPS) is 11.9. The van der Waals surface area contributed by atoms with Gasteiger partial charge < -0.3 is 11.1 Å². The van der Waals surface area contributed by atoms with Crippen molar-refractivity contribution in [3.05, 3.63) is 65.6 Å². The minimum atomic E-state index is -0.778. The van der Waals surface area contributed by atoms with Crippen LogP contribution in [0, 0.1) is 5.82 Å². The second-order valence-electron chi connectivity index (χ2n) is 5.20. The molecule has 0 radical (unpaired) electrons. The number of hydrogen-bond acceptors (Lipinski definition) is 5. The highest BCUT2D eigenvalue weighted by atomic mass is 32.1. The monoisotopic (exact) mass is 342 g/mol. The Hall–Kier alpha value is -2.64. The summed E-state index contributed by atoms with van der Waals surface area (Å²) in [6.07, 6.45) is 3.62. The molecule has 3 aromatic rings. The molecule has 3 rings (SSSR count). The van der Waals surface area contributed by atoms with Crippen molar-refractivity contribution in [3.8, 4) is 11.3 Å². The van der Waals surface area contributed by atoms with E-state index in [1.165, 1.54) is 23.5 Å². The minimum absolute atomic E-state index is 0.256. The molecule has 1 aromatic carbocycles. The molecule has 0 spiro atoms. The first-order chi connectivity index (χ1) is 11.6. The van der Waals surface area contributed by atoms with Crippen LogP contribution in [0.25, 0.3) is 11.3 Å². The van der Waals surface area contributed by atoms with Gasteiger partial charge in [0.25, 0.3) is 0 Å². The summed E-state index contributed by atoms with van der Waals surface area (Å²) in [5.41, 5.74) is 8.26. The Labute approximate surface area is 142 Å². The van der Waals surface area contributed by atoms with Crippen molar-refractivity contribution < 1.29 is 9.18 Å². The number of pyridine rings is 1. The summed E-state index contributed by atoms with van der Waals surface area (Å²) in [6.45, 7) is 0. The summed E-state index contributed by atoms with van der Waals surface area (Å²) in [7, 11) is 0. The maximum atomic E-state index is 13.2. The molecular formula is C17H15FN4OS. The summed E-state index contributed by atoms with van der Waals surface area (Å²) in [5, 5.41) is 5.02. The molecule has 0 aliphatic carbocycles. The van der Waals surface area contributed by atoms with Crippen LogP contribution in [0.2, 0.25) is 0 Å². The number of carbonyl (C=O) groups excluding carboxylic acids is 1. The van der Waals surface area contributed by atoms with Gasteiger partial charge in [-0.1, -0.05) is 12.1 Å². The maximum absolute atomic E-state index is 13.2. The van der Waals surface area contributed by atoms with Gasteiger partial charge in [-0.3, -0.25) is 9.78 Å². The van der Waals surface area contributed by atoms with E-state index in [-0.39, 0.29) is 18.1 Å². The zero-order valence-corrected chi connectivity index (χ0v) is 13.5. The van der Waals surface area contributed by atoms with Gasteiger partial charge in [-0.05, 0) is 36.2 Å². The zero-order chi connectivity index (χ0) is 16.9. The van der Waals surface area contributed by atoms with E-state index in [1.807, 2.05) is 17.5 Å². The van der Waals surface area contributed by atoms with Crippen LogP contribution in [0.4, 0.5) is 9.52 Å². The van der Waals surface area contributed by atoms with Crippen LogP contribution in [-0.4, -0.2) is 21.9 Å². The molecule has 1 amide bonds. The van der Waals surface area contributed by atoms with Gasteiger partial charge in [-0.15, -0.1) is 11.3 Å². The highest BCUT2D eigenvalue weighted by molar-refractivity contribution is 7.14. The molecule has 3 N–H and O–H groups in total. The van der Waals surface area contributed by atoms with E-state index in [0.717, 1.165) is 11.3 Å². The minimum Gasteiger partial charge on any atom is -0.320 e. The van der Waals surface area contributed by atoms with Crippen molar-refractivity contribution in [2.75, 3.05) is 5.32 Å². The van der Waals surface area contributed by atoms with Gasteiger partial charge in [0.05, 0.1) is 11.7 Å². The van der Waals surface area contributed by atoms with Gasteiger partial charge in [0.1, 0.15) is 5.82 Å². The summed E-state index contributed by atoms with van der Waals surface area (Å²) in [4.78, 5) is 20.5. The average molecular weight is 342 g/mol. The topological polar surface area (TPSA) is 80.9 Å². The van der Waals surface area contributed by atoms with Crippen LogP contribution in [-0.2, 0) is 11.2 Å². The fourth-order valence-electron chi connectivity index (χ4n) is 2.20. The van der Waals surface area contributed by atoms with Crippen LogP contribution in [0.3, 0.4) is 0 Å². The Morgan fingerprint density at radius 1 is 1.29 bits per heavy atom. The molecule has 7 heteroatoms. The quantitative estimate of drug-likeness (QED) is 0.747. The first-order valence-corrected chi connectivity index (χ1v) is 8.16. The third kappa shape index (κ3) is 4.01. The van der Waals surface area contributed by atoms with E-state index in [4.69, 9.17) is 5.73 Å². The molecule has 0 saturated heterocycles. The number of hydrogen-bond donors (Lipinski definition) is 2. The fourth-order valence-corrected chi connectivity index (χ4v) is 2.92. The SMILES string of the molecule is NC(Cc1cccc(F)c1)C(=O)Nc1nc(-c2ccncc2)cs1. The van der Waals surface area contributed by atoms with E-state index < -0.39 is 6.04 Å². The molecule has 2 heterocycles. The van der Waals surface area contributed by atoms with Crippen LogP contribution >= 0.6 is 11.3 Å². The van der Waals surface area contributed by atoms with Crippen molar-refractivity contribution in [1.29, 1.82) is 0 Å². The molecule has 0 saturated carbocycles. The van der Waals surface area contributed by atoms with E-state index >= 15 is 0 Å². The van der Waals surface area contributed by atoms with Gasteiger partial charge in [0.2, 0.25) is 5.91 Å². The number of nitrogens with zero attached hydrogens (tertiary/aromatic N) is 2. The van der Waals surface area contributed by atoms with Crippen molar-refractivity contribution >= 4 is 22.4 Å². The Bertz CT molecular complexity index is 837. The number of nitrogens with two attached hydrogens (primary N) is 1. The highest BCUT2D eigenvalue weighted by Gasteiger charge is 2.16. The first-order valence-electron chi connectivity index (χ1n) is 7.28. The molecule has 0 fully saturated rings. The van der Waals surface area contributed by atoms with E-state index in [0.29, 0.717) is 10.7 Å². The fraction of sp³-hybridized carbons (Fsp3) is 0.118. The number of aromatic nitrogens is 2. The lowest BCUT2D eigenvalue weighted by molar-refractivity contribution is -0.117. The lowest BCUT2D eigenvalue weighted by atomic mass is 10.1. The average Bonchev–Trinajstić information content (AvgIpc) is 3.04. The Balaban J connectivity index is 1.63. The van der Waals surface area contributed by atoms with Crippen molar-refractivity contribution in [2.45, 2.75) is 12.5 Å². The standard InChI is InChI=1S/C17H15FN4OS/c18-13-3-1-2-11(8-13)9-14(19)16(23)22-17-21-15(10-24-17)12-4-6-20-7-5-12/h1-8,10,14H,9,19H2,(H,21,22,23). The number of anilines is 1. The molecule has 2 aromatic heterocycles. The number of carbonyl (C=O) groups is 1. The van der Waals surface area contributed by atoms with Crippen LogP contribution in [0.1, 0.15) is 5.56 Å². The molecule has 122 valence electrons.